The lowest BCUT2D eigenvalue weighted by Crippen LogP contribution is -2.24. The van der Waals surface area contributed by atoms with Gasteiger partial charge in [-0.2, -0.15) is 0 Å². The van der Waals surface area contributed by atoms with Crippen LogP contribution >= 0.6 is 0 Å². The Labute approximate surface area is 152 Å². The quantitative estimate of drug-likeness (QED) is 0.866. The number of nitrogens with zero attached hydrogens (tertiary/aromatic N) is 1. The molecule has 0 unspecified atom stereocenters. The highest BCUT2D eigenvalue weighted by Gasteiger charge is 2.21. The van der Waals surface area contributed by atoms with Crippen molar-refractivity contribution in [2.45, 2.75) is 19.4 Å². The maximum Gasteiger partial charge on any atom is 0.251 e. The molecule has 2 aromatic carbocycles. The molecule has 6 nitrogen and oxygen atoms in total. The summed E-state index contributed by atoms with van der Waals surface area (Å²) >= 11 is 0. The third kappa shape index (κ3) is 3.96. The second kappa shape index (κ2) is 7.91. The maximum atomic E-state index is 12.4. The number of anilines is 1. The van der Waals surface area contributed by atoms with Crippen molar-refractivity contribution >= 4 is 17.5 Å². The van der Waals surface area contributed by atoms with E-state index in [1.54, 1.807) is 37.3 Å². The van der Waals surface area contributed by atoms with Gasteiger partial charge in [-0.15, -0.1) is 0 Å². The van der Waals surface area contributed by atoms with Crippen molar-refractivity contribution in [1.82, 2.24) is 5.32 Å². The average molecular weight is 354 g/mol. The molecule has 1 fully saturated rings. The van der Waals surface area contributed by atoms with E-state index < -0.39 is 0 Å². The lowest BCUT2D eigenvalue weighted by molar-refractivity contribution is -0.117. The summed E-state index contributed by atoms with van der Waals surface area (Å²) in [6.45, 7) is 1.17. The maximum absolute atomic E-state index is 12.4. The lowest BCUT2D eigenvalue weighted by Gasteiger charge is -2.16. The number of nitrogens with one attached hydrogen (secondary N) is 1. The highest BCUT2D eigenvalue weighted by atomic mass is 16.5. The Morgan fingerprint density at radius 1 is 1.08 bits per heavy atom. The van der Waals surface area contributed by atoms with Crippen LogP contribution in [0.5, 0.6) is 11.5 Å². The van der Waals surface area contributed by atoms with Gasteiger partial charge in [0.25, 0.3) is 5.91 Å². The van der Waals surface area contributed by atoms with Crippen LogP contribution in [0.4, 0.5) is 5.69 Å². The van der Waals surface area contributed by atoms with Crippen molar-refractivity contribution in [3.8, 4) is 11.5 Å². The molecular formula is C20H22N2O4. The minimum absolute atomic E-state index is 0.165. The van der Waals surface area contributed by atoms with Gasteiger partial charge in [-0.1, -0.05) is 12.1 Å². The van der Waals surface area contributed by atoms with Gasteiger partial charge >= 0.3 is 0 Å². The predicted octanol–water partition coefficient (Wildman–Crippen LogP) is 2.76. The molecule has 0 radical (unpaired) electrons. The Kier molecular flexibility index (Phi) is 5.41. The van der Waals surface area contributed by atoms with Crippen molar-refractivity contribution in [1.29, 1.82) is 0 Å². The minimum atomic E-state index is -0.207. The average Bonchev–Trinajstić information content (AvgIpc) is 3.11. The normalized spacial score (nSPS) is 13.6. The van der Waals surface area contributed by atoms with Crippen LogP contribution in [0.3, 0.4) is 0 Å². The third-order valence-corrected chi connectivity index (χ3v) is 4.39. The monoisotopic (exact) mass is 354 g/mol. The lowest BCUT2D eigenvalue weighted by atomic mass is 10.1. The summed E-state index contributed by atoms with van der Waals surface area (Å²) in [6.07, 6.45) is 1.52. The summed E-state index contributed by atoms with van der Waals surface area (Å²) < 4.78 is 10.4. The van der Waals surface area contributed by atoms with E-state index in [0.29, 0.717) is 30.0 Å². The van der Waals surface area contributed by atoms with E-state index in [4.69, 9.17) is 9.47 Å². The fourth-order valence-corrected chi connectivity index (χ4v) is 2.94. The fraction of sp³-hybridized carbons (Fsp3) is 0.300. The van der Waals surface area contributed by atoms with E-state index in [0.717, 1.165) is 24.2 Å². The first kappa shape index (κ1) is 17.8. The third-order valence-electron chi connectivity index (χ3n) is 4.39. The standard InChI is InChI=1S/C20H22N2O4/c1-25-17-10-15(11-18(12-17)26-2)20(24)21-13-14-5-7-16(8-6-14)22-9-3-4-19(22)23/h5-8,10-12H,3-4,9,13H2,1-2H3,(H,21,24). The molecule has 2 amide bonds. The molecule has 0 spiro atoms. The van der Waals surface area contributed by atoms with Gasteiger partial charge in [0.15, 0.2) is 0 Å². The zero-order valence-corrected chi connectivity index (χ0v) is 15.0. The molecule has 136 valence electrons. The molecule has 1 saturated heterocycles. The first-order chi connectivity index (χ1) is 12.6. The van der Waals surface area contributed by atoms with Crippen molar-refractivity contribution in [3.63, 3.8) is 0 Å². The van der Waals surface area contributed by atoms with Crippen LogP contribution in [0.15, 0.2) is 42.5 Å². The van der Waals surface area contributed by atoms with Crippen LogP contribution in [0.25, 0.3) is 0 Å². The van der Waals surface area contributed by atoms with E-state index in [-0.39, 0.29) is 11.8 Å². The summed E-state index contributed by atoms with van der Waals surface area (Å²) in [7, 11) is 3.09. The van der Waals surface area contributed by atoms with E-state index in [1.807, 2.05) is 24.3 Å². The molecule has 6 heteroatoms. The van der Waals surface area contributed by atoms with Gasteiger partial charge in [0, 0.05) is 36.8 Å². The SMILES string of the molecule is COc1cc(OC)cc(C(=O)NCc2ccc(N3CCCC3=O)cc2)c1. The molecule has 0 aliphatic carbocycles. The Morgan fingerprint density at radius 2 is 1.73 bits per heavy atom. The van der Waals surface area contributed by atoms with Crippen LogP contribution in [0.2, 0.25) is 0 Å². The van der Waals surface area contributed by atoms with Crippen LogP contribution in [-0.2, 0) is 11.3 Å². The Balaban J connectivity index is 1.63. The van der Waals surface area contributed by atoms with E-state index in [9.17, 15) is 9.59 Å². The molecule has 2 aromatic rings. The number of hydrogen-bond donors (Lipinski definition) is 1. The Morgan fingerprint density at radius 3 is 2.27 bits per heavy atom. The Hall–Kier alpha value is -3.02. The minimum Gasteiger partial charge on any atom is -0.497 e. The molecule has 1 heterocycles. The molecule has 3 rings (SSSR count). The summed E-state index contributed by atoms with van der Waals surface area (Å²) in [5, 5.41) is 2.89. The van der Waals surface area contributed by atoms with Crippen molar-refractivity contribution in [3.05, 3.63) is 53.6 Å². The second-order valence-electron chi connectivity index (χ2n) is 6.10. The van der Waals surface area contributed by atoms with E-state index in [1.165, 1.54) is 0 Å². The first-order valence-electron chi connectivity index (χ1n) is 8.51. The van der Waals surface area contributed by atoms with Gasteiger partial charge in [0.1, 0.15) is 11.5 Å². The van der Waals surface area contributed by atoms with Crippen LogP contribution in [-0.4, -0.2) is 32.6 Å². The van der Waals surface area contributed by atoms with Gasteiger partial charge in [0.05, 0.1) is 14.2 Å². The summed E-state index contributed by atoms with van der Waals surface area (Å²) in [5.74, 6) is 1.09. The molecule has 0 atom stereocenters. The molecule has 0 saturated carbocycles. The van der Waals surface area contributed by atoms with Gasteiger partial charge in [-0.3, -0.25) is 9.59 Å². The van der Waals surface area contributed by atoms with Gasteiger partial charge in [0.2, 0.25) is 5.91 Å². The van der Waals surface area contributed by atoms with Crippen molar-refractivity contribution in [2.24, 2.45) is 0 Å². The van der Waals surface area contributed by atoms with Gasteiger partial charge in [-0.05, 0) is 36.2 Å². The fourth-order valence-electron chi connectivity index (χ4n) is 2.94. The molecular weight excluding hydrogens is 332 g/mol. The van der Waals surface area contributed by atoms with Gasteiger partial charge in [-0.25, -0.2) is 0 Å². The second-order valence-corrected chi connectivity index (χ2v) is 6.10. The molecule has 0 bridgehead atoms. The number of carbonyl (C=O) groups excluding carboxylic acids is 2. The number of benzene rings is 2. The van der Waals surface area contributed by atoms with Crippen molar-refractivity contribution in [2.75, 3.05) is 25.7 Å². The number of hydrogen-bond acceptors (Lipinski definition) is 4. The largest absolute Gasteiger partial charge is 0.497 e. The van der Waals surface area contributed by atoms with E-state index in [2.05, 4.69) is 5.32 Å². The molecule has 26 heavy (non-hydrogen) atoms. The number of methoxy groups -OCH3 is 2. The number of carbonyl (C=O) groups is 2. The summed E-state index contributed by atoms with van der Waals surface area (Å²) in [6, 6.07) is 12.7. The van der Waals surface area contributed by atoms with Crippen molar-refractivity contribution < 1.29 is 19.1 Å². The summed E-state index contributed by atoms with van der Waals surface area (Å²) in [4.78, 5) is 26.0. The van der Waals surface area contributed by atoms with Gasteiger partial charge < -0.3 is 19.7 Å². The highest BCUT2D eigenvalue weighted by molar-refractivity contribution is 5.96. The molecule has 1 N–H and O–H groups in total. The Bertz CT molecular complexity index is 780. The first-order valence-corrected chi connectivity index (χ1v) is 8.51. The number of ether oxygens (including phenoxy) is 2. The molecule has 0 aromatic heterocycles. The van der Waals surface area contributed by atoms with Crippen LogP contribution in [0.1, 0.15) is 28.8 Å². The topological polar surface area (TPSA) is 67.9 Å². The predicted molar refractivity (Wildman–Crippen MR) is 98.7 cm³/mol. The molecule has 1 aliphatic rings. The number of amides is 2. The van der Waals surface area contributed by atoms with Crippen LogP contribution < -0.4 is 19.7 Å². The smallest absolute Gasteiger partial charge is 0.251 e. The van der Waals surface area contributed by atoms with E-state index >= 15 is 0 Å². The summed E-state index contributed by atoms with van der Waals surface area (Å²) in [5.41, 5.74) is 2.34. The zero-order chi connectivity index (χ0) is 18.5. The highest BCUT2D eigenvalue weighted by Crippen LogP contribution is 2.23. The zero-order valence-electron chi connectivity index (χ0n) is 15.0. The molecule has 1 aliphatic heterocycles. The van der Waals surface area contributed by atoms with Crippen LogP contribution in [0, 0.1) is 0 Å². The number of rotatable bonds is 6.